The van der Waals surface area contributed by atoms with Gasteiger partial charge in [0.1, 0.15) is 0 Å². The van der Waals surface area contributed by atoms with Crippen molar-refractivity contribution < 1.29 is 0 Å². The second kappa shape index (κ2) is 7.45. The summed E-state index contributed by atoms with van der Waals surface area (Å²) in [5, 5.41) is 5.51. The van der Waals surface area contributed by atoms with Gasteiger partial charge in [-0.1, -0.05) is 81.5 Å². The first-order valence-corrected chi connectivity index (χ1v) is 8.79. The lowest BCUT2D eigenvalue weighted by Gasteiger charge is -2.08. The molecule has 0 saturated heterocycles. The fourth-order valence-electron chi connectivity index (χ4n) is 3.35. The smallest absolute Gasteiger partial charge is 0.0146 e. The molecule has 0 unspecified atom stereocenters. The molecule has 0 radical (unpaired) electrons. The Hall–Kier alpha value is -1.82. The zero-order valence-corrected chi connectivity index (χ0v) is 13.6. The Morgan fingerprint density at radius 2 is 1.32 bits per heavy atom. The molecule has 0 heteroatoms. The van der Waals surface area contributed by atoms with Crippen LogP contribution in [0.5, 0.6) is 0 Å². The molecule has 0 aliphatic carbocycles. The summed E-state index contributed by atoms with van der Waals surface area (Å²) in [6, 6.07) is 20.1. The molecule has 0 amide bonds. The molecule has 0 aromatic heterocycles. The number of hydrogen-bond acceptors (Lipinski definition) is 0. The van der Waals surface area contributed by atoms with Crippen LogP contribution >= 0.6 is 0 Å². The number of aryl methyl sites for hydroxylation is 1. The van der Waals surface area contributed by atoms with Crippen LogP contribution in [0.1, 0.15) is 51.0 Å². The lowest BCUT2D eigenvalue weighted by atomic mass is 9.96. The van der Waals surface area contributed by atoms with E-state index in [1.807, 2.05) is 0 Å². The Balaban J connectivity index is 1.76. The molecule has 0 aliphatic heterocycles. The summed E-state index contributed by atoms with van der Waals surface area (Å²) in [6.45, 7) is 2.28. The number of benzene rings is 3. The van der Waals surface area contributed by atoms with E-state index in [4.69, 9.17) is 0 Å². The second-order valence-corrected chi connectivity index (χ2v) is 6.36. The Bertz CT molecular complexity index is 739. The van der Waals surface area contributed by atoms with E-state index in [0.29, 0.717) is 0 Å². The fraction of sp³-hybridized carbons (Fsp3) is 0.364. The molecule has 3 rings (SSSR count). The van der Waals surface area contributed by atoms with E-state index in [1.165, 1.54) is 72.1 Å². The summed E-state index contributed by atoms with van der Waals surface area (Å²) in [5.74, 6) is 0. The highest BCUT2D eigenvalue weighted by atomic mass is 14.1. The topological polar surface area (TPSA) is 0 Å². The van der Waals surface area contributed by atoms with Gasteiger partial charge in [-0.05, 0) is 52.1 Å². The number of hydrogen-bond donors (Lipinski definition) is 0. The summed E-state index contributed by atoms with van der Waals surface area (Å²) >= 11 is 0. The van der Waals surface area contributed by atoms with Gasteiger partial charge in [0.15, 0.2) is 0 Å². The number of unbranched alkanes of at least 4 members (excludes halogenated alkanes) is 5. The van der Waals surface area contributed by atoms with Gasteiger partial charge in [0, 0.05) is 0 Å². The van der Waals surface area contributed by atoms with Crippen LogP contribution in [0, 0.1) is 0 Å². The molecular formula is C22H26. The van der Waals surface area contributed by atoms with Gasteiger partial charge < -0.3 is 0 Å². The van der Waals surface area contributed by atoms with Crippen LogP contribution in [0.25, 0.3) is 21.5 Å². The van der Waals surface area contributed by atoms with E-state index in [0.717, 1.165) is 0 Å². The Kier molecular flexibility index (Phi) is 5.11. The number of fused-ring (bicyclic) bond motifs is 2. The fourth-order valence-corrected chi connectivity index (χ4v) is 3.35. The molecule has 0 aliphatic rings. The van der Waals surface area contributed by atoms with Crippen molar-refractivity contribution in [2.24, 2.45) is 0 Å². The maximum absolute atomic E-state index is 2.37. The van der Waals surface area contributed by atoms with Crippen LogP contribution in [-0.4, -0.2) is 0 Å². The highest BCUT2D eigenvalue weighted by Crippen LogP contribution is 2.26. The first kappa shape index (κ1) is 15.1. The van der Waals surface area contributed by atoms with Crippen LogP contribution < -0.4 is 0 Å². The Morgan fingerprint density at radius 1 is 0.636 bits per heavy atom. The van der Waals surface area contributed by atoms with Gasteiger partial charge in [0.05, 0.1) is 0 Å². The Labute approximate surface area is 134 Å². The molecule has 0 heterocycles. The zero-order chi connectivity index (χ0) is 15.2. The first-order chi connectivity index (χ1) is 10.9. The van der Waals surface area contributed by atoms with Gasteiger partial charge in [0.2, 0.25) is 0 Å². The van der Waals surface area contributed by atoms with Gasteiger partial charge >= 0.3 is 0 Å². The van der Waals surface area contributed by atoms with Crippen molar-refractivity contribution in [3.8, 4) is 0 Å². The van der Waals surface area contributed by atoms with Gasteiger partial charge in [-0.15, -0.1) is 0 Å². The predicted octanol–water partition coefficient (Wildman–Crippen LogP) is 6.90. The van der Waals surface area contributed by atoms with Crippen molar-refractivity contribution in [2.45, 2.75) is 51.9 Å². The van der Waals surface area contributed by atoms with Crippen molar-refractivity contribution in [1.29, 1.82) is 0 Å². The lowest BCUT2D eigenvalue weighted by molar-refractivity contribution is 0.608. The van der Waals surface area contributed by atoms with E-state index >= 15 is 0 Å². The maximum atomic E-state index is 2.37. The van der Waals surface area contributed by atoms with Crippen LogP contribution in [0.15, 0.2) is 54.6 Å². The molecule has 0 atom stereocenters. The standard InChI is InChI=1S/C22H26/c1-2-3-4-5-6-7-11-18-14-10-15-21-16-19-12-8-9-13-20(19)17-22(18)21/h8-10,12-17H,2-7,11H2,1H3. The molecule has 3 aromatic rings. The Morgan fingerprint density at radius 3 is 2.14 bits per heavy atom. The number of rotatable bonds is 7. The summed E-state index contributed by atoms with van der Waals surface area (Å²) in [4.78, 5) is 0. The molecule has 114 valence electrons. The minimum Gasteiger partial charge on any atom is -0.0654 e. The van der Waals surface area contributed by atoms with Crippen LogP contribution in [0.4, 0.5) is 0 Å². The average molecular weight is 290 g/mol. The second-order valence-electron chi connectivity index (χ2n) is 6.36. The van der Waals surface area contributed by atoms with Gasteiger partial charge in [-0.2, -0.15) is 0 Å². The highest BCUT2D eigenvalue weighted by Gasteiger charge is 2.03. The highest BCUT2D eigenvalue weighted by molar-refractivity contribution is 5.99. The quantitative estimate of drug-likeness (QED) is 0.328. The van der Waals surface area contributed by atoms with E-state index < -0.39 is 0 Å². The van der Waals surface area contributed by atoms with E-state index in [9.17, 15) is 0 Å². The van der Waals surface area contributed by atoms with Crippen molar-refractivity contribution in [1.82, 2.24) is 0 Å². The molecule has 0 bridgehead atoms. The zero-order valence-electron chi connectivity index (χ0n) is 13.6. The van der Waals surface area contributed by atoms with E-state index in [2.05, 4.69) is 61.5 Å². The van der Waals surface area contributed by atoms with Crippen molar-refractivity contribution in [3.63, 3.8) is 0 Å². The third kappa shape index (κ3) is 3.50. The molecule has 0 fully saturated rings. The van der Waals surface area contributed by atoms with Gasteiger partial charge in [-0.3, -0.25) is 0 Å². The summed E-state index contributed by atoms with van der Waals surface area (Å²) in [6.07, 6.45) is 9.40. The minimum absolute atomic E-state index is 1.21. The van der Waals surface area contributed by atoms with Crippen LogP contribution in [-0.2, 0) is 6.42 Å². The molecular weight excluding hydrogens is 264 g/mol. The predicted molar refractivity (Wildman–Crippen MR) is 98.5 cm³/mol. The maximum Gasteiger partial charge on any atom is -0.0146 e. The normalized spacial score (nSPS) is 11.3. The van der Waals surface area contributed by atoms with E-state index in [-0.39, 0.29) is 0 Å². The molecule has 0 saturated carbocycles. The monoisotopic (exact) mass is 290 g/mol. The summed E-state index contributed by atoms with van der Waals surface area (Å²) in [5.41, 5.74) is 1.51. The molecule has 0 nitrogen and oxygen atoms in total. The molecule has 0 N–H and O–H groups in total. The van der Waals surface area contributed by atoms with Gasteiger partial charge in [-0.25, -0.2) is 0 Å². The van der Waals surface area contributed by atoms with Crippen molar-refractivity contribution in [2.75, 3.05) is 0 Å². The SMILES string of the molecule is CCCCCCCCc1cccc2cc3ccccc3cc12. The summed E-state index contributed by atoms with van der Waals surface area (Å²) < 4.78 is 0. The van der Waals surface area contributed by atoms with Crippen molar-refractivity contribution in [3.05, 3.63) is 60.2 Å². The van der Waals surface area contributed by atoms with E-state index in [1.54, 1.807) is 0 Å². The molecule has 22 heavy (non-hydrogen) atoms. The van der Waals surface area contributed by atoms with Crippen molar-refractivity contribution >= 4 is 21.5 Å². The van der Waals surface area contributed by atoms with Crippen LogP contribution in [0.2, 0.25) is 0 Å². The molecule has 0 spiro atoms. The minimum atomic E-state index is 1.21. The first-order valence-electron chi connectivity index (χ1n) is 8.79. The lowest BCUT2D eigenvalue weighted by Crippen LogP contribution is -1.89. The third-order valence-electron chi connectivity index (χ3n) is 4.64. The molecule has 3 aromatic carbocycles. The third-order valence-corrected chi connectivity index (χ3v) is 4.64. The summed E-state index contributed by atoms with van der Waals surface area (Å²) in [7, 11) is 0. The average Bonchev–Trinajstić information content (AvgIpc) is 2.56. The van der Waals surface area contributed by atoms with Gasteiger partial charge in [0.25, 0.3) is 0 Å². The largest absolute Gasteiger partial charge is 0.0654 e. The van der Waals surface area contributed by atoms with Crippen LogP contribution in [0.3, 0.4) is 0 Å².